The molecule has 0 aromatic carbocycles. The minimum Gasteiger partial charge on any atom is -0.315 e. The van der Waals surface area contributed by atoms with Crippen molar-refractivity contribution in [1.29, 1.82) is 0 Å². The Kier molecular flexibility index (Phi) is 10.0. The highest BCUT2D eigenvalue weighted by Crippen LogP contribution is 2.02. The number of unbranched alkanes of at least 4 members (excludes halogenated alkanes) is 2. The summed E-state index contributed by atoms with van der Waals surface area (Å²) in [6.07, 6.45) is 4.02. The fourth-order valence-corrected chi connectivity index (χ4v) is 1.92. The standard InChI is InChI=1S/C14H32N2/c1-6-16(12-13(2)3)11-9-7-8-10-15-14(4)5/h13-15H,6-12H2,1-5H3. The predicted molar refractivity (Wildman–Crippen MR) is 73.9 cm³/mol. The van der Waals surface area contributed by atoms with Crippen molar-refractivity contribution >= 4 is 0 Å². The lowest BCUT2D eigenvalue weighted by molar-refractivity contribution is 0.250. The maximum absolute atomic E-state index is 3.47. The summed E-state index contributed by atoms with van der Waals surface area (Å²) in [5.74, 6) is 0.794. The minimum absolute atomic E-state index is 0.632. The highest BCUT2D eigenvalue weighted by atomic mass is 15.1. The first kappa shape index (κ1) is 15.9. The van der Waals surface area contributed by atoms with Crippen molar-refractivity contribution in [3.8, 4) is 0 Å². The molecule has 0 aliphatic heterocycles. The van der Waals surface area contributed by atoms with E-state index in [4.69, 9.17) is 0 Å². The fraction of sp³-hybridized carbons (Fsp3) is 1.00. The van der Waals surface area contributed by atoms with Gasteiger partial charge in [0.2, 0.25) is 0 Å². The average molecular weight is 228 g/mol. The highest BCUT2D eigenvalue weighted by molar-refractivity contribution is 4.59. The van der Waals surface area contributed by atoms with Gasteiger partial charge in [-0.1, -0.05) is 41.0 Å². The molecule has 0 radical (unpaired) electrons. The van der Waals surface area contributed by atoms with Crippen molar-refractivity contribution in [2.75, 3.05) is 26.2 Å². The summed E-state index contributed by atoms with van der Waals surface area (Å²) < 4.78 is 0. The van der Waals surface area contributed by atoms with E-state index in [1.54, 1.807) is 0 Å². The molecule has 2 heteroatoms. The van der Waals surface area contributed by atoms with E-state index in [1.807, 2.05) is 0 Å². The lowest BCUT2D eigenvalue weighted by Crippen LogP contribution is -2.29. The molecule has 0 saturated carbocycles. The van der Waals surface area contributed by atoms with Gasteiger partial charge in [-0.2, -0.15) is 0 Å². The van der Waals surface area contributed by atoms with Gasteiger partial charge in [0.1, 0.15) is 0 Å². The third kappa shape index (κ3) is 10.4. The molecule has 0 heterocycles. The molecular formula is C14H32N2. The van der Waals surface area contributed by atoms with Crippen molar-refractivity contribution in [3.63, 3.8) is 0 Å². The molecule has 0 spiro atoms. The van der Waals surface area contributed by atoms with Crippen molar-refractivity contribution in [2.24, 2.45) is 5.92 Å². The summed E-state index contributed by atoms with van der Waals surface area (Å²) in [7, 11) is 0. The maximum Gasteiger partial charge on any atom is 0.00103 e. The smallest absolute Gasteiger partial charge is 0.00103 e. The zero-order chi connectivity index (χ0) is 12.4. The van der Waals surface area contributed by atoms with Gasteiger partial charge in [0.15, 0.2) is 0 Å². The van der Waals surface area contributed by atoms with Gasteiger partial charge in [0, 0.05) is 12.6 Å². The Morgan fingerprint density at radius 1 is 1.00 bits per heavy atom. The minimum atomic E-state index is 0.632. The largest absolute Gasteiger partial charge is 0.315 e. The molecule has 1 N–H and O–H groups in total. The number of nitrogens with zero attached hydrogens (tertiary/aromatic N) is 1. The second-order valence-corrected chi connectivity index (χ2v) is 5.46. The first-order valence-corrected chi connectivity index (χ1v) is 7.02. The monoisotopic (exact) mass is 228 g/mol. The molecule has 0 aliphatic carbocycles. The Morgan fingerprint density at radius 3 is 2.19 bits per heavy atom. The van der Waals surface area contributed by atoms with Crippen LogP contribution in [0.5, 0.6) is 0 Å². The Hall–Kier alpha value is -0.0800. The van der Waals surface area contributed by atoms with Gasteiger partial charge in [0.25, 0.3) is 0 Å². The molecule has 16 heavy (non-hydrogen) atoms. The van der Waals surface area contributed by atoms with Crippen LogP contribution in [0.25, 0.3) is 0 Å². The van der Waals surface area contributed by atoms with Crippen LogP contribution >= 0.6 is 0 Å². The second-order valence-electron chi connectivity index (χ2n) is 5.46. The van der Waals surface area contributed by atoms with Crippen LogP contribution in [0, 0.1) is 5.92 Å². The van der Waals surface area contributed by atoms with Gasteiger partial charge in [-0.25, -0.2) is 0 Å². The van der Waals surface area contributed by atoms with Crippen LogP contribution in [-0.4, -0.2) is 37.1 Å². The third-order valence-electron chi connectivity index (χ3n) is 2.77. The first-order valence-electron chi connectivity index (χ1n) is 7.02. The van der Waals surface area contributed by atoms with Crippen molar-refractivity contribution in [1.82, 2.24) is 10.2 Å². The maximum atomic E-state index is 3.47. The number of hydrogen-bond acceptors (Lipinski definition) is 2. The molecule has 0 fully saturated rings. The van der Waals surface area contributed by atoms with E-state index < -0.39 is 0 Å². The van der Waals surface area contributed by atoms with Crippen LogP contribution in [0.15, 0.2) is 0 Å². The summed E-state index contributed by atoms with van der Waals surface area (Å²) in [4.78, 5) is 2.57. The van der Waals surface area contributed by atoms with Gasteiger partial charge in [-0.05, 0) is 38.4 Å². The highest BCUT2D eigenvalue weighted by Gasteiger charge is 2.04. The van der Waals surface area contributed by atoms with Gasteiger partial charge in [-0.15, -0.1) is 0 Å². The zero-order valence-corrected chi connectivity index (χ0v) is 12.1. The third-order valence-corrected chi connectivity index (χ3v) is 2.77. The van der Waals surface area contributed by atoms with E-state index in [9.17, 15) is 0 Å². The lowest BCUT2D eigenvalue weighted by atomic mass is 10.2. The van der Waals surface area contributed by atoms with Crippen LogP contribution in [0.3, 0.4) is 0 Å². The molecule has 0 unspecified atom stereocenters. The van der Waals surface area contributed by atoms with Gasteiger partial charge in [0.05, 0.1) is 0 Å². The van der Waals surface area contributed by atoms with E-state index in [2.05, 4.69) is 44.8 Å². The molecular weight excluding hydrogens is 196 g/mol. The number of rotatable bonds is 10. The van der Waals surface area contributed by atoms with Crippen LogP contribution < -0.4 is 5.32 Å². The van der Waals surface area contributed by atoms with E-state index in [-0.39, 0.29) is 0 Å². The first-order chi connectivity index (χ1) is 7.56. The molecule has 0 bridgehead atoms. The Balaban J connectivity index is 3.34. The van der Waals surface area contributed by atoms with E-state index in [0.29, 0.717) is 6.04 Å². The molecule has 0 aliphatic rings. The van der Waals surface area contributed by atoms with Crippen molar-refractivity contribution in [2.45, 2.75) is 59.9 Å². The second kappa shape index (κ2) is 10.1. The van der Waals surface area contributed by atoms with E-state index in [0.717, 1.165) is 5.92 Å². The predicted octanol–water partition coefficient (Wildman–Crippen LogP) is 3.13. The van der Waals surface area contributed by atoms with Crippen LogP contribution in [0.1, 0.15) is 53.9 Å². The fourth-order valence-electron chi connectivity index (χ4n) is 1.92. The SMILES string of the molecule is CCN(CCCCCNC(C)C)CC(C)C. The Labute approximate surface area is 103 Å². The Bertz CT molecular complexity index is 144. The number of hydrogen-bond donors (Lipinski definition) is 1. The molecule has 2 nitrogen and oxygen atoms in total. The summed E-state index contributed by atoms with van der Waals surface area (Å²) >= 11 is 0. The van der Waals surface area contributed by atoms with Crippen LogP contribution in [0.2, 0.25) is 0 Å². The topological polar surface area (TPSA) is 15.3 Å². The van der Waals surface area contributed by atoms with Gasteiger partial charge in [-0.3, -0.25) is 0 Å². The summed E-state index contributed by atoms with van der Waals surface area (Å²) in [6.45, 7) is 16.2. The van der Waals surface area contributed by atoms with Gasteiger partial charge >= 0.3 is 0 Å². The molecule has 0 rings (SSSR count). The lowest BCUT2D eigenvalue weighted by Gasteiger charge is -2.22. The van der Waals surface area contributed by atoms with Crippen molar-refractivity contribution in [3.05, 3.63) is 0 Å². The summed E-state index contributed by atoms with van der Waals surface area (Å²) in [6, 6.07) is 0.632. The Morgan fingerprint density at radius 2 is 1.69 bits per heavy atom. The van der Waals surface area contributed by atoms with Crippen molar-refractivity contribution < 1.29 is 0 Å². The summed E-state index contributed by atoms with van der Waals surface area (Å²) in [5, 5.41) is 3.47. The van der Waals surface area contributed by atoms with E-state index >= 15 is 0 Å². The normalized spacial score (nSPS) is 12.0. The molecule has 0 amide bonds. The quantitative estimate of drug-likeness (QED) is 0.578. The average Bonchev–Trinajstić information content (AvgIpc) is 2.20. The van der Waals surface area contributed by atoms with E-state index in [1.165, 1.54) is 45.4 Å². The molecule has 0 atom stereocenters. The number of nitrogens with one attached hydrogen (secondary N) is 1. The summed E-state index contributed by atoms with van der Waals surface area (Å²) in [5.41, 5.74) is 0. The van der Waals surface area contributed by atoms with Gasteiger partial charge < -0.3 is 10.2 Å². The molecule has 0 aromatic heterocycles. The zero-order valence-electron chi connectivity index (χ0n) is 12.1. The van der Waals surface area contributed by atoms with Crippen LogP contribution in [0.4, 0.5) is 0 Å². The molecule has 0 saturated heterocycles. The molecule has 0 aromatic rings. The molecule has 98 valence electrons. The van der Waals surface area contributed by atoms with Crippen LogP contribution in [-0.2, 0) is 0 Å².